The van der Waals surface area contributed by atoms with Crippen LogP contribution in [-0.2, 0) is 12.3 Å². The van der Waals surface area contributed by atoms with Gasteiger partial charge in [-0.1, -0.05) is 24.3 Å². The van der Waals surface area contributed by atoms with E-state index in [0.29, 0.717) is 11.1 Å². The number of benzene rings is 2. The van der Waals surface area contributed by atoms with Crippen LogP contribution in [0.3, 0.4) is 0 Å². The first-order chi connectivity index (χ1) is 13.7. The third kappa shape index (κ3) is 4.23. The number of amides is 1. The van der Waals surface area contributed by atoms with Gasteiger partial charge in [0.05, 0.1) is 5.69 Å². The highest BCUT2D eigenvalue weighted by Gasteiger charge is 2.08. The van der Waals surface area contributed by atoms with Crippen molar-refractivity contribution < 1.29 is 9.18 Å². The summed E-state index contributed by atoms with van der Waals surface area (Å²) < 4.78 is 15.6. The molecular formula is C22H18FN3OS. The predicted octanol–water partition coefficient (Wildman–Crippen LogP) is 4.70. The van der Waals surface area contributed by atoms with E-state index in [1.807, 2.05) is 47.1 Å². The summed E-state index contributed by atoms with van der Waals surface area (Å²) in [7, 11) is 0. The number of aromatic nitrogens is 2. The summed E-state index contributed by atoms with van der Waals surface area (Å²) in [5.41, 5.74) is 2.95. The number of hydrogen-bond acceptors (Lipinski definition) is 3. The minimum Gasteiger partial charge on any atom is -0.348 e. The van der Waals surface area contributed by atoms with Gasteiger partial charge in [-0.15, -0.1) is 11.8 Å². The summed E-state index contributed by atoms with van der Waals surface area (Å²) in [5.74, 6) is 0.210. The van der Waals surface area contributed by atoms with Crippen molar-refractivity contribution in [2.75, 3.05) is 0 Å². The van der Waals surface area contributed by atoms with Gasteiger partial charge in [0.25, 0.3) is 5.91 Å². The highest BCUT2D eigenvalue weighted by molar-refractivity contribution is 7.98. The topological polar surface area (TPSA) is 46.4 Å². The number of pyridine rings is 1. The smallest absolute Gasteiger partial charge is 0.251 e. The highest BCUT2D eigenvalue weighted by Crippen LogP contribution is 2.23. The van der Waals surface area contributed by atoms with E-state index in [9.17, 15) is 9.18 Å². The maximum Gasteiger partial charge on any atom is 0.251 e. The zero-order chi connectivity index (χ0) is 19.3. The molecule has 6 heteroatoms. The van der Waals surface area contributed by atoms with Crippen LogP contribution < -0.4 is 5.32 Å². The van der Waals surface area contributed by atoms with E-state index in [0.717, 1.165) is 22.0 Å². The number of rotatable bonds is 6. The predicted molar refractivity (Wildman–Crippen MR) is 109 cm³/mol. The third-order valence-corrected chi connectivity index (χ3v) is 5.36. The van der Waals surface area contributed by atoms with Gasteiger partial charge in [-0.3, -0.25) is 4.79 Å². The Morgan fingerprint density at radius 2 is 1.82 bits per heavy atom. The molecule has 0 aliphatic rings. The van der Waals surface area contributed by atoms with E-state index >= 15 is 0 Å². The first-order valence-corrected chi connectivity index (χ1v) is 9.85. The van der Waals surface area contributed by atoms with Crippen molar-refractivity contribution in [2.45, 2.75) is 17.2 Å². The highest BCUT2D eigenvalue weighted by atomic mass is 32.2. The van der Waals surface area contributed by atoms with Crippen molar-refractivity contribution in [3.63, 3.8) is 0 Å². The van der Waals surface area contributed by atoms with Crippen LogP contribution in [0.2, 0.25) is 0 Å². The molecule has 0 fully saturated rings. The molecule has 2 heterocycles. The maximum atomic E-state index is 13.6. The molecule has 0 saturated carbocycles. The van der Waals surface area contributed by atoms with Gasteiger partial charge in [0.2, 0.25) is 0 Å². The molecule has 0 spiro atoms. The molecule has 0 saturated heterocycles. The van der Waals surface area contributed by atoms with Crippen molar-refractivity contribution >= 4 is 23.3 Å². The van der Waals surface area contributed by atoms with Crippen LogP contribution in [0.1, 0.15) is 21.6 Å². The monoisotopic (exact) mass is 391 g/mol. The molecule has 2 aromatic heterocycles. The summed E-state index contributed by atoms with van der Waals surface area (Å²) in [6, 6.07) is 19.7. The lowest BCUT2D eigenvalue weighted by Crippen LogP contribution is -2.23. The van der Waals surface area contributed by atoms with Gasteiger partial charge in [-0.2, -0.15) is 0 Å². The molecule has 0 bridgehead atoms. The average Bonchev–Trinajstić information content (AvgIpc) is 3.15. The Hall–Kier alpha value is -3.12. The van der Waals surface area contributed by atoms with Crippen LogP contribution in [0.15, 0.2) is 84.0 Å². The largest absolute Gasteiger partial charge is 0.348 e. The second-order valence-electron chi connectivity index (χ2n) is 6.29. The summed E-state index contributed by atoms with van der Waals surface area (Å²) in [4.78, 5) is 17.9. The van der Waals surface area contributed by atoms with Crippen LogP contribution >= 0.6 is 11.8 Å². The number of fused-ring (bicyclic) bond motifs is 1. The Morgan fingerprint density at radius 1 is 1.04 bits per heavy atom. The fraction of sp³-hybridized carbons (Fsp3) is 0.0909. The van der Waals surface area contributed by atoms with Gasteiger partial charge in [0.1, 0.15) is 11.5 Å². The van der Waals surface area contributed by atoms with Crippen LogP contribution in [0.4, 0.5) is 4.39 Å². The molecule has 28 heavy (non-hydrogen) atoms. The van der Waals surface area contributed by atoms with E-state index in [1.165, 1.54) is 6.07 Å². The second-order valence-corrected chi connectivity index (χ2v) is 7.33. The lowest BCUT2D eigenvalue weighted by atomic mass is 10.2. The van der Waals surface area contributed by atoms with Crippen molar-refractivity contribution in [1.82, 2.24) is 14.7 Å². The van der Waals surface area contributed by atoms with Crippen LogP contribution in [0.5, 0.6) is 0 Å². The average molecular weight is 391 g/mol. The molecule has 4 rings (SSSR count). The van der Waals surface area contributed by atoms with E-state index < -0.39 is 0 Å². The molecule has 1 N–H and O–H groups in total. The molecule has 4 nitrogen and oxygen atoms in total. The molecule has 2 aromatic carbocycles. The number of nitrogens with one attached hydrogen (secondary N) is 1. The number of hydrogen-bond donors (Lipinski definition) is 1. The summed E-state index contributed by atoms with van der Waals surface area (Å²) in [6.45, 7) is 0.163. The van der Waals surface area contributed by atoms with Gasteiger partial charge < -0.3 is 9.72 Å². The zero-order valence-corrected chi connectivity index (χ0v) is 15.8. The fourth-order valence-corrected chi connectivity index (χ4v) is 3.62. The minimum absolute atomic E-state index is 0.163. The Balaban J connectivity index is 1.34. The first-order valence-electron chi connectivity index (χ1n) is 8.86. The number of imidazole rings is 1. The summed E-state index contributed by atoms with van der Waals surface area (Å²) in [5, 5.41) is 2.75. The molecular weight excluding hydrogens is 373 g/mol. The molecule has 4 aromatic rings. The van der Waals surface area contributed by atoms with Crippen molar-refractivity contribution in [3.05, 3.63) is 102 Å². The van der Waals surface area contributed by atoms with Crippen LogP contribution in [0.25, 0.3) is 5.65 Å². The molecule has 0 radical (unpaired) electrons. The quantitative estimate of drug-likeness (QED) is 0.485. The first kappa shape index (κ1) is 18.3. The lowest BCUT2D eigenvalue weighted by Gasteiger charge is -2.07. The molecule has 0 aliphatic carbocycles. The van der Waals surface area contributed by atoms with Gasteiger partial charge >= 0.3 is 0 Å². The Bertz CT molecular complexity index is 1080. The van der Waals surface area contributed by atoms with Gasteiger partial charge in [0, 0.05) is 40.7 Å². The SMILES string of the molecule is O=C(NCc1ccccc1F)c1ccc(SCc2cn3ccccc3n2)cc1. The number of carbonyl (C=O) groups excluding carboxylic acids is 1. The molecule has 0 unspecified atom stereocenters. The van der Waals surface area contributed by atoms with Gasteiger partial charge in [-0.25, -0.2) is 9.37 Å². The molecule has 1 amide bonds. The van der Waals surface area contributed by atoms with E-state index in [2.05, 4.69) is 10.3 Å². The summed E-state index contributed by atoms with van der Waals surface area (Å²) >= 11 is 1.66. The van der Waals surface area contributed by atoms with E-state index in [-0.39, 0.29) is 18.3 Å². The maximum absolute atomic E-state index is 13.6. The Kier molecular flexibility index (Phi) is 5.39. The minimum atomic E-state index is -0.318. The van der Waals surface area contributed by atoms with Gasteiger partial charge in [0.15, 0.2) is 0 Å². The lowest BCUT2D eigenvalue weighted by molar-refractivity contribution is 0.0950. The molecule has 140 valence electrons. The summed E-state index contributed by atoms with van der Waals surface area (Å²) in [6.07, 6.45) is 4.00. The van der Waals surface area contributed by atoms with Crippen LogP contribution in [0, 0.1) is 5.82 Å². The van der Waals surface area contributed by atoms with E-state index in [4.69, 9.17) is 0 Å². The van der Waals surface area contributed by atoms with Crippen molar-refractivity contribution in [2.24, 2.45) is 0 Å². The number of nitrogens with zero attached hydrogens (tertiary/aromatic N) is 2. The molecule has 0 atom stereocenters. The third-order valence-electron chi connectivity index (χ3n) is 4.31. The van der Waals surface area contributed by atoms with E-state index in [1.54, 1.807) is 42.1 Å². The fourth-order valence-electron chi connectivity index (χ4n) is 2.84. The zero-order valence-electron chi connectivity index (χ0n) is 15.0. The van der Waals surface area contributed by atoms with Crippen molar-refractivity contribution in [3.8, 4) is 0 Å². The number of thioether (sulfide) groups is 1. The second kappa shape index (κ2) is 8.27. The normalized spacial score (nSPS) is 10.9. The Labute approximate surface area is 166 Å². The molecule has 0 aliphatic heterocycles. The number of carbonyl (C=O) groups is 1. The van der Waals surface area contributed by atoms with Crippen LogP contribution in [-0.4, -0.2) is 15.3 Å². The number of halogens is 1. The Morgan fingerprint density at radius 3 is 2.61 bits per heavy atom. The standard InChI is InChI=1S/C22H18FN3OS/c23-20-6-2-1-5-17(20)13-24-22(27)16-8-10-19(11-9-16)28-15-18-14-26-12-4-3-7-21(26)25-18/h1-12,14H,13,15H2,(H,24,27). The van der Waals surface area contributed by atoms with Gasteiger partial charge in [-0.05, 0) is 42.5 Å². The van der Waals surface area contributed by atoms with Crippen molar-refractivity contribution in [1.29, 1.82) is 0 Å².